The molecular weight excluding hydrogens is 196 g/mol. The maximum absolute atomic E-state index is 10.1. The molecule has 0 heterocycles. The van der Waals surface area contributed by atoms with Gasteiger partial charge in [0.2, 0.25) is 0 Å². The van der Waals surface area contributed by atoms with Crippen LogP contribution < -0.4 is 0 Å². The molecule has 0 aromatic carbocycles. The molecule has 0 unspecified atom stereocenters. The van der Waals surface area contributed by atoms with E-state index in [1.165, 1.54) is 57.8 Å². The second kappa shape index (κ2) is 14.4. The zero-order valence-corrected chi connectivity index (χ0v) is 10.9. The number of carbonyl (C=O) groups excluding carboxylic acids is 1. The zero-order chi connectivity index (χ0) is 11.9. The quantitative estimate of drug-likeness (QED) is 0.257. The summed E-state index contributed by atoms with van der Waals surface area (Å²) in [7, 11) is 0. The summed E-state index contributed by atoms with van der Waals surface area (Å²) in [6, 6.07) is 0. The Hall–Kier alpha value is -0.590. The maximum Gasteiger partial charge on any atom is 0.119 e. The summed E-state index contributed by atoms with van der Waals surface area (Å²) in [5.41, 5.74) is 0. The van der Waals surface area contributed by atoms with Crippen LogP contribution in [0.1, 0.15) is 77.6 Å². The maximum atomic E-state index is 10.1. The van der Waals surface area contributed by atoms with Crippen molar-refractivity contribution in [3.8, 4) is 0 Å². The van der Waals surface area contributed by atoms with E-state index in [1.807, 2.05) is 0 Å². The standard InChI is InChI=1S/C15H28O/c1-2-3-4-5-6-7-8-9-10-11-12-13-14-15-16/h5-6,15H,2-4,7-14H2,1H3/b6-5-. The first kappa shape index (κ1) is 15.4. The number of hydrogen-bond donors (Lipinski definition) is 0. The van der Waals surface area contributed by atoms with Crippen LogP contribution in [0.4, 0.5) is 0 Å². The van der Waals surface area contributed by atoms with Gasteiger partial charge in [0.15, 0.2) is 0 Å². The van der Waals surface area contributed by atoms with Crippen LogP contribution in [0.2, 0.25) is 0 Å². The second-order valence-electron chi connectivity index (χ2n) is 4.48. The van der Waals surface area contributed by atoms with Gasteiger partial charge in [-0.3, -0.25) is 0 Å². The Kier molecular flexibility index (Phi) is 13.9. The van der Waals surface area contributed by atoms with Crippen molar-refractivity contribution in [3.63, 3.8) is 0 Å². The summed E-state index contributed by atoms with van der Waals surface area (Å²) in [6.07, 6.45) is 19.2. The molecule has 0 aliphatic heterocycles. The van der Waals surface area contributed by atoms with E-state index in [0.29, 0.717) is 0 Å². The molecule has 0 aliphatic rings. The monoisotopic (exact) mass is 224 g/mol. The minimum Gasteiger partial charge on any atom is -0.303 e. The van der Waals surface area contributed by atoms with Crippen molar-refractivity contribution in [2.24, 2.45) is 0 Å². The van der Waals surface area contributed by atoms with Crippen LogP contribution in [-0.2, 0) is 4.79 Å². The highest BCUT2D eigenvalue weighted by molar-refractivity contribution is 5.48. The molecule has 0 spiro atoms. The van der Waals surface area contributed by atoms with E-state index < -0.39 is 0 Å². The number of allylic oxidation sites excluding steroid dienone is 2. The summed E-state index contributed by atoms with van der Waals surface area (Å²) < 4.78 is 0. The fraction of sp³-hybridized carbons (Fsp3) is 0.800. The highest BCUT2D eigenvalue weighted by atomic mass is 16.1. The summed E-state index contributed by atoms with van der Waals surface area (Å²) in [4.78, 5) is 10.1. The lowest BCUT2D eigenvalue weighted by Crippen LogP contribution is -1.80. The Labute approximate surface area is 101 Å². The van der Waals surface area contributed by atoms with Gasteiger partial charge in [-0.2, -0.15) is 0 Å². The number of aldehydes is 1. The molecule has 0 bridgehead atoms. The van der Waals surface area contributed by atoms with Crippen LogP contribution in [0.5, 0.6) is 0 Å². The highest BCUT2D eigenvalue weighted by Crippen LogP contribution is 2.08. The SMILES string of the molecule is CCCC/C=C\CCCCCCCCC=O. The molecule has 0 aromatic rings. The first-order valence-electron chi connectivity index (χ1n) is 7.00. The normalized spacial score (nSPS) is 11.1. The van der Waals surface area contributed by atoms with E-state index >= 15 is 0 Å². The predicted molar refractivity (Wildman–Crippen MR) is 71.7 cm³/mol. The summed E-state index contributed by atoms with van der Waals surface area (Å²) in [6.45, 7) is 2.23. The topological polar surface area (TPSA) is 17.1 Å². The van der Waals surface area contributed by atoms with Crippen LogP contribution in [0.15, 0.2) is 12.2 Å². The fourth-order valence-corrected chi connectivity index (χ4v) is 1.75. The molecule has 0 saturated heterocycles. The molecule has 0 atom stereocenters. The molecule has 0 rings (SSSR count). The third-order valence-electron chi connectivity index (χ3n) is 2.83. The lowest BCUT2D eigenvalue weighted by atomic mass is 10.1. The van der Waals surface area contributed by atoms with E-state index in [1.54, 1.807) is 0 Å². The lowest BCUT2D eigenvalue weighted by molar-refractivity contribution is -0.107. The van der Waals surface area contributed by atoms with Gasteiger partial charge in [-0.25, -0.2) is 0 Å². The van der Waals surface area contributed by atoms with Crippen LogP contribution >= 0.6 is 0 Å². The van der Waals surface area contributed by atoms with Gasteiger partial charge in [0.25, 0.3) is 0 Å². The molecule has 94 valence electrons. The molecule has 16 heavy (non-hydrogen) atoms. The van der Waals surface area contributed by atoms with Crippen molar-refractivity contribution >= 4 is 6.29 Å². The van der Waals surface area contributed by atoms with Gasteiger partial charge >= 0.3 is 0 Å². The molecule has 1 heteroatoms. The van der Waals surface area contributed by atoms with E-state index in [9.17, 15) is 4.79 Å². The molecule has 0 saturated carbocycles. The van der Waals surface area contributed by atoms with E-state index in [4.69, 9.17) is 0 Å². The molecule has 0 amide bonds. The summed E-state index contributed by atoms with van der Waals surface area (Å²) >= 11 is 0. The largest absolute Gasteiger partial charge is 0.303 e. The minimum absolute atomic E-state index is 0.750. The van der Waals surface area contributed by atoms with Gasteiger partial charge in [-0.05, 0) is 25.7 Å². The van der Waals surface area contributed by atoms with Crippen LogP contribution in [-0.4, -0.2) is 6.29 Å². The van der Waals surface area contributed by atoms with Crippen molar-refractivity contribution in [1.29, 1.82) is 0 Å². The van der Waals surface area contributed by atoms with Gasteiger partial charge in [0.05, 0.1) is 0 Å². The molecule has 0 N–H and O–H groups in total. The average molecular weight is 224 g/mol. The third kappa shape index (κ3) is 13.4. The van der Waals surface area contributed by atoms with Crippen LogP contribution in [0.25, 0.3) is 0 Å². The fourth-order valence-electron chi connectivity index (χ4n) is 1.75. The van der Waals surface area contributed by atoms with Gasteiger partial charge in [0.1, 0.15) is 6.29 Å². The first-order valence-corrected chi connectivity index (χ1v) is 7.00. The number of rotatable bonds is 12. The Balaban J connectivity index is 2.98. The Bertz CT molecular complexity index is 161. The van der Waals surface area contributed by atoms with E-state index in [0.717, 1.165) is 19.1 Å². The van der Waals surface area contributed by atoms with Gasteiger partial charge in [-0.15, -0.1) is 0 Å². The van der Waals surface area contributed by atoms with Crippen molar-refractivity contribution < 1.29 is 4.79 Å². The lowest BCUT2D eigenvalue weighted by Gasteiger charge is -1.98. The Morgan fingerprint density at radius 2 is 1.19 bits per heavy atom. The Morgan fingerprint density at radius 1 is 0.688 bits per heavy atom. The molecule has 0 aliphatic carbocycles. The molecule has 0 fully saturated rings. The summed E-state index contributed by atoms with van der Waals surface area (Å²) in [5.74, 6) is 0. The zero-order valence-electron chi connectivity index (χ0n) is 10.9. The van der Waals surface area contributed by atoms with Gasteiger partial charge in [-0.1, -0.05) is 57.6 Å². The van der Waals surface area contributed by atoms with Gasteiger partial charge < -0.3 is 4.79 Å². The molecule has 0 radical (unpaired) electrons. The molecule has 1 nitrogen and oxygen atoms in total. The highest BCUT2D eigenvalue weighted by Gasteiger charge is 1.90. The van der Waals surface area contributed by atoms with Crippen LogP contribution in [0.3, 0.4) is 0 Å². The molecule has 0 aromatic heterocycles. The van der Waals surface area contributed by atoms with Gasteiger partial charge in [0, 0.05) is 6.42 Å². The smallest absolute Gasteiger partial charge is 0.119 e. The number of hydrogen-bond acceptors (Lipinski definition) is 1. The number of unbranched alkanes of at least 4 members (excludes halogenated alkanes) is 9. The average Bonchev–Trinajstić information content (AvgIpc) is 2.31. The second-order valence-corrected chi connectivity index (χ2v) is 4.48. The van der Waals surface area contributed by atoms with Crippen molar-refractivity contribution in [2.75, 3.05) is 0 Å². The van der Waals surface area contributed by atoms with Crippen LogP contribution in [0, 0.1) is 0 Å². The number of carbonyl (C=O) groups is 1. The summed E-state index contributed by atoms with van der Waals surface area (Å²) in [5, 5.41) is 0. The Morgan fingerprint density at radius 3 is 1.75 bits per heavy atom. The third-order valence-corrected chi connectivity index (χ3v) is 2.83. The van der Waals surface area contributed by atoms with E-state index in [-0.39, 0.29) is 0 Å². The van der Waals surface area contributed by atoms with Crippen molar-refractivity contribution in [3.05, 3.63) is 12.2 Å². The van der Waals surface area contributed by atoms with Crippen molar-refractivity contribution in [1.82, 2.24) is 0 Å². The minimum atomic E-state index is 0.750. The first-order chi connectivity index (χ1) is 7.91. The molecular formula is C15H28O. The van der Waals surface area contributed by atoms with E-state index in [2.05, 4.69) is 19.1 Å². The predicted octanol–water partition coefficient (Wildman–Crippen LogP) is 5.05. The van der Waals surface area contributed by atoms with Crippen molar-refractivity contribution in [2.45, 2.75) is 77.6 Å².